The Kier molecular flexibility index (Phi) is 4.94. The Morgan fingerprint density at radius 2 is 2.00 bits per heavy atom. The van der Waals surface area contributed by atoms with Gasteiger partial charge in [0.15, 0.2) is 11.5 Å². The minimum absolute atomic E-state index is 0.0905. The third-order valence-corrected chi connectivity index (χ3v) is 4.64. The van der Waals surface area contributed by atoms with Crippen LogP contribution in [0.2, 0.25) is 0 Å². The molecule has 0 aromatic heterocycles. The Morgan fingerprint density at radius 3 is 2.79 bits per heavy atom. The van der Waals surface area contributed by atoms with Crippen LogP contribution in [0.4, 0.5) is 4.79 Å². The number of hydrogen-bond donors (Lipinski definition) is 1. The van der Waals surface area contributed by atoms with Crippen molar-refractivity contribution in [2.24, 2.45) is 0 Å². The van der Waals surface area contributed by atoms with E-state index < -0.39 is 0 Å². The highest BCUT2D eigenvalue weighted by molar-refractivity contribution is 9.10. The molecule has 2 aromatic rings. The first kappa shape index (κ1) is 16.6. The molecule has 0 saturated carbocycles. The van der Waals surface area contributed by atoms with Crippen LogP contribution in [0.1, 0.15) is 24.1 Å². The first-order valence-corrected chi connectivity index (χ1v) is 8.48. The molecule has 126 valence electrons. The van der Waals surface area contributed by atoms with Gasteiger partial charge in [-0.2, -0.15) is 0 Å². The normalized spacial score (nSPS) is 13.5. The summed E-state index contributed by atoms with van der Waals surface area (Å²) in [5.74, 6) is 1.47. The molecule has 2 aromatic carbocycles. The minimum Gasteiger partial charge on any atom is -0.454 e. The molecular weight excluding hydrogens is 372 g/mol. The van der Waals surface area contributed by atoms with E-state index in [4.69, 9.17) is 9.47 Å². The quantitative estimate of drug-likeness (QED) is 0.855. The Labute approximate surface area is 149 Å². The van der Waals surface area contributed by atoms with Gasteiger partial charge in [-0.25, -0.2) is 4.79 Å². The lowest BCUT2D eigenvalue weighted by Gasteiger charge is -2.22. The average molecular weight is 391 g/mol. The summed E-state index contributed by atoms with van der Waals surface area (Å²) in [6, 6.07) is 13.4. The van der Waals surface area contributed by atoms with E-state index in [9.17, 15) is 4.79 Å². The van der Waals surface area contributed by atoms with Gasteiger partial charge in [0.05, 0.1) is 6.04 Å². The maximum atomic E-state index is 12.4. The molecule has 1 aliphatic rings. The van der Waals surface area contributed by atoms with Gasteiger partial charge in [-0.15, -0.1) is 0 Å². The van der Waals surface area contributed by atoms with Crippen molar-refractivity contribution in [3.8, 4) is 11.5 Å². The Bertz CT molecular complexity index is 751. The summed E-state index contributed by atoms with van der Waals surface area (Å²) in [7, 11) is 1.77. The van der Waals surface area contributed by atoms with Gasteiger partial charge in [-0.3, -0.25) is 0 Å². The van der Waals surface area contributed by atoms with Crippen LogP contribution < -0.4 is 14.8 Å². The zero-order valence-corrected chi connectivity index (χ0v) is 15.2. The van der Waals surface area contributed by atoms with Crippen molar-refractivity contribution in [2.75, 3.05) is 13.8 Å². The Morgan fingerprint density at radius 1 is 1.25 bits per heavy atom. The van der Waals surface area contributed by atoms with Crippen molar-refractivity contribution in [3.63, 3.8) is 0 Å². The zero-order valence-electron chi connectivity index (χ0n) is 13.6. The summed E-state index contributed by atoms with van der Waals surface area (Å²) in [5, 5.41) is 3.01. The number of hydrogen-bond acceptors (Lipinski definition) is 3. The van der Waals surface area contributed by atoms with Gasteiger partial charge in [0.2, 0.25) is 6.79 Å². The summed E-state index contributed by atoms with van der Waals surface area (Å²) in [6.07, 6.45) is 0. The van der Waals surface area contributed by atoms with E-state index >= 15 is 0 Å². The first-order valence-electron chi connectivity index (χ1n) is 7.69. The fraction of sp³-hybridized carbons (Fsp3) is 0.278. The maximum Gasteiger partial charge on any atom is 0.317 e. The number of ether oxygens (including phenoxy) is 2. The van der Waals surface area contributed by atoms with Crippen LogP contribution in [0.3, 0.4) is 0 Å². The summed E-state index contributed by atoms with van der Waals surface area (Å²) in [6.45, 7) is 2.70. The van der Waals surface area contributed by atoms with Crippen LogP contribution >= 0.6 is 15.9 Å². The number of benzene rings is 2. The molecule has 0 aliphatic carbocycles. The number of carbonyl (C=O) groups is 1. The highest BCUT2D eigenvalue weighted by atomic mass is 79.9. The number of rotatable bonds is 4. The van der Waals surface area contributed by atoms with Gasteiger partial charge >= 0.3 is 6.03 Å². The summed E-state index contributed by atoms with van der Waals surface area (Å²) < 4.78 is 11.7. The number of amides is 2. The summed E-state index contributed by atoms with van der Waals surface area (Å²) >= 11 is 3.52. The van der Waals surface area contributed by atoms with E-state index in [2.05, 4.69) is 21.2 Å². The van der Waals surface area contributed by atoms with Crippen molar-refractivity contribution in [3.05, 3.63) is 58.1 Å². The molecule has 24 heavy (non-hydrogen) atoms. The summed E-state index contributed by atoms with van der Waals surface area (Å²) in [4.78, 5) is 14.1. The minimum atomic E-state index is -0.129. The Hall–Kier alpha value is -2.21. The molecule has 6 heteroatoms. The molecule has 5 nitrogen and oxygen atoms in total. The van der Waals surface area contributed by atoms with E-state index in [0.29, 0.717) is 6.54 Å². The third kappa shape index (κ3) is 3.64. The van der Waals surface area contributed by atoms with Gasteiger partial charge in [0, 0.05) is 18.1 Å². The second-order valence-electron chi connectivity index (χ2n) is 5.74. The predicted octanol–water partition coefficient (Wildman–Crippen LogP) is 4.08. The first-order chi connectivity index (χ1) is 11.5. The van der Waals surface area contributed by atoms with Crippen molar-refractivity contribution >= 4 is 22.0 Å². The van der Waals surface area contributed by atoms with E-state index in [0.717, 1.165) is 27.1 Å². The van der Waals surface area contributed by atoms with Crippen molar-refractivity contribution < 1.29 is 14.3 Å². The number of carbonyl (C=O) groups excluding carboxylic acids is 1. The van der Waals surface area contributed by atoms with Crippen LogP contribution in [0.15, 0.2) is 46.9 Å². The van der Waals surface area contributed by atoms with E-state index in [1.165, 1.54) is 0 Å². The van der Waals surface area contributed by atoms with Crippen molar-refractivity contribution in [1.82, 2.24) is 10.2 Å². The van der Waals surface area contributed by atoms with Gasteiger partial charge in [-0.1, -0.05) is 40.2 Å². The highest BCUT2D eigenvalue weighted by Crippen LogP contribution is 2.32. The van der Waals surface area contributed by atoms with Crippen LogP contribution in [0, 0.1) is 0 Å². The lowest BCUT2D eigenvalue weighted by atomic mass is 10.1. The number of nitrogens with zero attached hydrogens (tertiary/aromatic N) is 1. The number of halogens is 1. The van der Waals surface area contributed by atoms with Crippen LogP contribution in [-0.4, -0.2) is 24.8 Å². The molecule has 0 saturated heterocycles. The zero-order chi connectivity index (χ0) is 17.1. The monoisotopic (exact) mass is 390 g/mol. The van der Waals surface area contributed by atoms with E-state index in [1.54, 1.807) is 11.9 Å². The number of urea groups is 1. The highest BCUT2D eigenvalue weighted by Gasteiger charge is 2.17. The van der Waals surface area contributed by atoms with Crippen molar-refractivity contribution in [2.45, 2.75) is 19.5 Å². The molecule has 1 aliphatic heterocycles. The van der Waals surface area contributed by atoms with Gasteiger partial charge in [0.1, 0.15) is 0 Å². The molecule has 0 fully saturated rings. The molecular formula is C18H19BrN2O3. The third-order valence-electron chi connectivity index (χ3n) is 3.92. The molecule has 0 bridgehead atoms. The molecule has 3 rings (SSSR count). The standard InChI is InChI=1S/C18H19BrN2O3/c1-12(14-5-3-4-6-15(14)19)20-18(22)21(2)10-13-7-8-16-17(9-13)24-11-23-16/h3-9,12H,10-11H2,1-2H3,(H,20,22). The van der Waals surface area contributed by atoms with Gasteiger partial charge in [-0.05, 0) is 36.2 Å². The fourth-order valence-corrected chi connectivity index (χ4v) is 3.21. The van der Waals surface area contributed by atoms with Crippen LogP contribution in [0.25, 0.3) is 0 Å². The largest absolute Gasteiger partial charge is 0.454 e. The second kappa shape index (κ2) is 7.13. The lowest BCUT2D eigenvalue weighted by Crippen LogP contribution is -2.38. The second-order valence-corrected chi connectivity index (χ2v) is 6.59. The maximum absolute atomic E-state index is 12.4. The molecule has 1 unspecified atom stereocenters. The number of fused-ring (bicyclic) bond motifs is 1. The molecule has 2 amide bonds. The number of nitrogens with one attached hydrogen (secondary N) is 1. The van der Waals surface area contributed by atoms with Gasteiger partial charge < -0.3 is 19.7 Å². The Balaban J connectivity index is 1.61. The fourth-order valence-electron chi connectivity index (χ4n) is 2.58. The molecule has 1 N–H and O–H groups in total. The van der Waals surface area contributed by atoms with E-state index in [-0.39, 0.29) is 18.9 Å². The molecule has 0 spiro atoms. The molecule has 1 heterocycles. The van der Waals surface area contributed by atoms with Gasteiger partial charge in [0.25, 0.3) is 0 Å². The lowest BCUT2D eigenvalue weighted by molar-refractivity contribution is 0.174. The van der Waals surface area contributed by atoms with Crippen LogP contribution in [0.5, 0.6) is 11.5 Å². The van der Waals surface area contributed by atoms with Crippen molar-refractivity contribution in [1.29, 1.82) is 0 Å². The molecule has 1 atom stereocenters. The SMILES string of the molecule is CC(NC(=O)N(C)Cc1ccc2c(c1)OCO2)c1ccccc1Br. The van der Waals surface area contributed by atoms with E-state index in [1.807, 2.05) is 49.4 Å². The predicted molar refractivity (Wildman–Crippen MR) is 95.1 cm³/mol. The molecule has 0 radical (unpaired) electrons. The summed E-state index contributed by atoms with van der Waals surface area (Å²) in [5.41, 5.74) is 2.03. The topological polar surface area (TPSA) is 50.8 Å². The smallest absolute Gasteiger partial charge is 0.317 e. The average Bonchev–Trinajstić information content (AvgIpc) is 3.02. The van der Waals surface area contributed by atoms with Crippen LogP contribution in [-0.2, 0) is 6.54 Å².